The second-order valence-corrected chi connectivity index (χ2v) is 8.95. The first-order chi connectivity index (χ1) is 10.3. The Balaban J connectivity index is 1.46. The molecule has 120 valence electrons. The lowest BCUT2D eigenvalue weighted by molar-refractivity contribution is -0.0548. The molecule has 0 heterocycles. The highest BCUT2D eigenvalue weighted by molar-refractivity contribution is 5.02. The van der Waals surface area contributed by atoms with E-state index in [9.17, 15) is 0 Å². The number of hydrogen-bond donors (Lipinski definition) is 1. The van der Waals surface area contributed by atoms with Gasteiger partial charge in [0.1, 0.15) is 0 Å². The molecule has 4 bridgehead atoms. The van der Waals surface area contributed by atoms with Gasteiger partial charge in [-0.15, -0.1) is 0 Å². The van der Waals surface area contributed by atoms with Gasteiger partial charge in [-0.25, -0.2) is 0 Å². The third kappa shape index (κ3) is 2.92. The van der Waals surface area contributed by atoms with Crippen LogP contribution in [0.1, 0.15) is 77.6 Å². The maximum atomic E-state index is 4.02. The Morgan fingerprint density at radius 2 is 1.52 bits per heavy atom. The van der Waals surface area contributed by atoms with E-state index in [1.54, 1.807) is 32.1 Å². The van der Waals surface area contributed by atoms with E-state index in [4.69, 9.17) is 0 Å². The fraction of sp³-hybridized carbons (Fsp3) is 1.00. The van der Waals surface area contributed by atoms with Crippen molar-refractivity contribution in [2.45, 2.75) is 83.6 Å². The van der Waals surface area contributed by atoms with Crippen molar-refractivity contribution in [2.24, 2.45) is 35.5 Å². The molecule has 0 aromatic carbocycles. The van der Waals surface area contributed by atoms with E-state index in [-0.39, 0.29) is 0 Å². The number of hydrogen-bond acceptors (Lipinski definition) is 1. The van der Waals surface area contributed by atoms with E-state index in [1.165, 1.54) is 45.1 Å². The lowest BCUT2D eigenvalue weighted by Crippen LogP contribution is -2.53. The van der Waals surface area contributed by atoms with E-state index in [2.05, 4.69) is 12.2 Å². The Morgan fingerprint density at radius 1 is 0.905 bits per heavy atom. The molecule has 1 N–H and O–H groups in total. The second-order valence-electron chi connectivity index (χ2n) is 8.95. The van der Waals surface area contributed by atoms with Crippen molar-refractivity contribution in [1.29, 1.82) is 0 Å². The van der Waals surface area contributed by atoms with Crippen LogP contribution in [0.2, 0.25) is 0 Å². The SMILES string of the molecule is CCCNC(CC1CCCC1)C1C2CC3CC(C2)CC1C3. The lowest BCUT2D eigenvalue weighted by atomic mass is 9.50. The lowest BCUT2D eigenvalue weighted by Gasteiger charge is -2.57. The Kier molecular flexibility index (Phi) is 4.31. The molecule has 1 heteroatoms. The molecule has 5 aliphatic rings. The van der Waals surface area contributed by atoms with Gasteiger partial charge in [0.2, 0.25) is 0 Å². The summed E-state index contributed by atoms with van der Waals surface area (Å²) < 4.78 is 0. The zero-order chi connectivity index (χ0) is 14.2. The van der Waals surface area contributed by atoms with Gasteiger partial charge in [0, 0.05) is 6.04 Å². The quantitative estimate of drug-likeness (QED) is 0.725. The van der Waals surface area contributed by atoms with Crippen LogP contribution in [0.15, 0.2) is 0 Å². The molecule has 0 saturated heterocycles. The van der Waals surface area contributed by atoms with Gasteiger partial charge in [-0.1, -0.05) is 32.6 Å². The van der Waals surface area contributed by atoms with E-state index in [1.807, 2.05) is 0 Å². The van der Waals surface area contributed by atoms with E-state index >= 15 is 0 Å². The van der Waals surface area contributed by atoms with Crippen molar-refractivity contribution in [3.05, 3.63) is 0 Å². The van der Waals surface area contributed by atoms with Crippen molar-refractivity contribution >= 4 is 0 Å². The summed E-state index contributed by atoms with van der Waals surface area (Å²) in [4.78, 5) is 0. The first-order valence-electron chi connectivity index (χ1n) is 10.1. The van der Waals surface area contributed by atoms with E-state index < -0.39 is 0 Å². The third-order valence-electron chi connectivity index (χ3n) is 7.48. The van der Waals surface area contributed by atoms with Gasteiger partial charge in [-0.2, -0.15) is 0 Å². The normalized spacial score (nSPS) is 43.6. The van der Waals surface area contributed by atoms with Crippen LogP contribution < -0.4 is 5.32 Å². The van der Waals surface area contributed by atoms with E-state index in [0.29, 0.717) is 0 Å². The predicted octanol–water partition coefficient (Wildman–Crippen LogP) is 5.01. The van der Waals surface area contributed by atoms with Gasteiger partial charge < -0.3 is 5.32 Å². The van der Waals surface area contributed by atoms with Crippen LogP contribution in [0, 0.1) is 35.5 Å². The molecular formula is C20H35N. The van der Waals surface area contributed by atoms with Crippen LogP contribution in [-0.4, -0.2) is 12.6 Å². The summed E-state index contributed by atoms with van der Waals surface area (Å²) in [5.41, 5.74) is 0. The Morgan fingerprint density at radius 3 is 2.10 bits per heavy atom. The van der Waals surface area contributed by atoms with Crippen LogP contribution in [0.25, 0.3) is 0 Å². The standard InChI is InChI=1S/C20H35N/c1-2-7-21-19(13-14-5-3-4-6-14)20-17-9-15-8-16(11-17)12-18(20)10-15/h14-21H,2-13H2,1H3. The van der Waals surface area contributed by atoms with Crippen molar-refractivity contribution in [1.82, 2.24) is 5.32 Å². The van der Waals surface area contributed by atoms with Gasteiger partial charge in [0.15, 0.2) is 0 Å². The second kappa shape index (κ2) is 6.22. The minimum atomic E-state index is 0.864. The number of nitrogens with one attached hydrogen (secondary N) is 1. The molecule has 0 radical (unpaired) electrons. The largest absolute Gasteiger partial charge is 0.314 e. The van der Waals surface area contributed by atoms with Crippen LogP contribution in [0.5, 0.6) is 0 Å². The highest BCUT2D eigenvalue weighted by atomic mass is 14.9. The summed E-state index contributed by atoms with van der Waals surface area (Å²) in [7, 11) is 0. The van der Waals surface area contributed by atoms with Gasteiger partial charge >= 0.3 is 0 Å². The van der Waals surface area contributed by atoms with E-state index in [0.717, 1.165) is 41.5 Å². The van der Waals surface area contributed by atoms with Gasteiger partial charge in [0.25, 0.3) is 0 Å². The molecule has 1 nitrogen and oxygen atoms in total. The first-order valence-corrected chi connectivity index (χ1v) is 10.1. The Hall–Kier alpha value is -0.0400. The van der Waals surface area contributed by atoms with Crippen LogP contribution in [0.4, 0.5) is 0 Å². The summed E-state index contributed by atoms with van der Waals surface area (Å²) in [6, 6.07) is 0.864. The summed E-state index contributed by atoms with van der Waals surface area (Å²) in [5.74, 6) is 6.54. The molecule has 0 amide bonds. The molecular weight excluding hydrogens is 254 g/mol. The molecule has 5 fully saturated rings. The van der Waals surface area contributed by atoms with Crippen molar-refractivity contribution < 1.29 is 0 Å². The number of rotatable bonds is 6. The fourth-order valence-electron chi connectivity index (χ4n) is 6.94. The van der Waals surface area contributed by atoms with Gasteiger partial charge in [-0.3, -0.25) is 0 Å². The molecule has 21 heavy (non-hydrogen) atoms. The van der Waals surface area contributed by atoms with Crippen LogP contribution in [0.3, 0.4) is 0 Å². The summed E-state index contributed by atoms with van der Waals surface area (Å²) in [6.45, 7) is 3.58. The first kappa shape index (κ1) is 14.5. The van der Waals surface area contributed by atoms with Crippen molar-refractivity contribution in [3.8, 4) is 0 Å². The zero-order valence-corrected chi connectivity index (χ0v) is 14.0. The fourth-order valence-corrected chi connectivity index (χ4v) is 6.94. The summed E-state index contributed by atoms with van der Waals surface area (Å²) >= 11 is 0. The highest BCUT2D eigenvalue weighted by Crippen LogP contribution is 2.58. The molecule has 0 aromatic rings. The molecule has 1 unspecified atom stereocenters. The summed E-state index contributed by atoms with van der Waals surface area (Å²) in [5, 5.41) is 4.02. The Bertz CT molecular complexity index is 316. The molecule has 0 aliphatic heterocycles. The summed E-state index contributed by atoms with van der Waals surface area (Å²) in [6.07, 6.45) is 16.8. The third-order valence-corrected chi connectivity index (χ3v) is 7.48. The molecule has 0 aromatic heterocycles. The maximum Gasteiger partial charge on any atom is 0.0103 e. The van der Waals surface area contributed by atoms with Gasteiger partial charge in [0.05, 0.1) is 0 Å². The van der Waals surface area contributed by atoms with Crippen LogP contribution in [-0.2, 0) is 0 Å². The molecule has 0 spiro atoms. The topological polar surface area (TPSA) is 12.0 Å². The average Bonchev–Trinajstić information content (AvgIpc) is 2.96. The molecule has 1 atom stereocenters. The Labute approximate surface area is 131 Å². The molecule has 5 saturated carbocycles. The van der Waals surface area contributed by atoms with Gasteiger partial charge in [-0.05, 0) is 87.0 Å². The minimum Gasteiger partial charge on any atom is -0.314 e. The van der Waals surface area contributed by atoms with Crippen LogP contribution >= 0.6 is 0 Å². The maximum absolute atomic E-state index is 4.02. The zero-order valence-electron chi connectivity index (χ0n) is 14.0. The highest BCUT2D eigenvalue weighted by Gasteiger charge is 2.50. The van der Waals surface area contributed by atoms with Crippen molar-refractivity contribution in [3.63, 3.8) is 0 Å². The minimum absolute atomic E-state index is 0.864. The smallest absolute Gasteiger partial charge is 0.0103 e. The average molecular weight is 290 g/mol. The van der Waals surface area contributed by atoms with Crippen molar-refractivity contribution in [2.75, 3.05) is 6.54 Å². The monoisotopic (exact) mass is 289 g/mol. The predicted molar refractivity (Wildman–Crippen MR) is 89.2 cm³/mol. The molecule has 5 aliphatic carbocycles. The molecule has 5 rings (SSSR count).